The number of aromatic amines is 2. The second-order valence-corrected chi connectivity index (χ2v) is 16.2. The molecule has 8 bridgehead atoms. The molecule has 8 heteroatoms. The lowest BCUT2D eigenvalue weighted by Crippen LogP contribution is -2.19. The third kappa shape index (κ3) is 6.28. The summed E-state index contributed by atoms with van der Waals surface area (Å²) >= 11 is 14.5. The number of fused-ring (bicyclic) bond motifs is 6. The quantitative estimate of drug-likeness (QED) is 0.177. The first-order chi connectivity index (χ1) is 25.4. The van der Waals surface area contributed by atoms with Gasteiger partial charge in [0.25, 0.3) is 0 Å². The fourth-order valence-electron chi connectivity index (χ4n) is 6.90. The fraction of sp³-hybridized carbons (Fsp3) is 0. The van der Waals surface area contributed by atoms with Gasteiger partial charge in [-0.3, -0.25) is 0 Å². The molecule has 5 heterocycles. The molecule has 9 rings (SSSR count). The molecule has 0 aliphatic carbocycles. The molecule has 0 fully saturated rings. The number of allylic oxidation sites excluding steroid dienone is 5. The van der Waals surface area contributed by atoms with Gasteiger partial charge < -0.3 is 9.97 Å². The van der Waals surface area contributed by atoms with Crippen molar-refractivity contribution in [3.63, 3.8) is 0 Å². The van der Waals surface area contributed by atoms with Crippen molar-refractivity contribution in [2.45, 2.75) is 0 Å². The molecule has 3 aliphatic heterocycles. The highest BCUT2D eigenvalue weighted by atomic mass is 79.9. The van der Waals surface area contributed by atoms with E-state index in [1.54, 1.807) is 0 Å². The van der Waals surface area contributed by atoms with Crippen molar-refractivity contribution in [1.82, 2.24) is 9.97 Å². The van der Waals surface area contributed by atoms with E-state index in [4.69, 9.17) is 9.98 Å². The summed E-state index contributed by atoms with van der Waals surface area (Å²) in [5.41, 5.74) is 13.8. The molecule has 3 aliphatic rings. The summed E-state index contributed by atoms with van der Waals surface area (Å²) in [7, 11) is 0. The fourth-order valence-corrected chi connectivity index (χ4v) is 7.96. The van der Waals surface area contributed by atoms with Crippen molar-refractivity contribution in [2.24, 2.45) is 9.98 Å². The standard InChI is InChI=1S/C44H26Br4N4/c45-30-9-1-25(2-10-30)41-29-23-40(49-24-29)44(28-7-15-33(48)16-8-28)39-22-21-38(52-39)43(27-5-13-32(47)14-6-27)37-20-19-36(51-37)42(35-18-17-34(41)50-35)26-3-11-31(46)12-4-26/h1-24,49-50H. The summed E-state index contributed by atoms with van der Waals surface area (Å²) in [6.45, 7) is 0. The maximum absolute atomic E-state index is 5.37. The van der Waals surface area contributed by atoms with Crippen molar-refractivity contribution in [1.29, 1.82) is 0 Å². The summed E-state index contributed by atoms with van der Waals surface area (Å²) in [6, 6.07) is 40.2. The van der Waals surface area contributed by atoms with Gasteiger partial charge in [-0.25, -0.2) is 9.98 Å². The Balaban J connectivity index is 1.40. The minimum absolute atomic E-state index is 0.852. The number of nitrogens with zero attached hydrogens (tertiary/aromatic N) is 2. The molecule has 0 unspecified atom stereocenters. The van der Waals surface area contributed by atoms with Gasteiger partial charge >= 0.3 is 0 Å². The predicted molar refractivity (Wildman–Crippen MR) is 228 cm³/mol. The lowest BCUT2D eigenvalue weighted by Gasteiger charge is -2.11. The smallest absolute Gasteiger partial charge is 0.0738 e. The Morgan fingerprint density at radius 1 is 0.385 bits per heavy atom. The third-order valence-electron chi connectivity index (χ3n) is 9.30. The highest BCUT2D eigenvalue weighted by molar-refractivity contribution is 9.11. The van der Waals surface area contributed by atoms with Gasteiger partial charge in [0, 0.05) is 68.3 Å². The van der Waals surface area contributed by atoms with Crippen LogP contribution in [0.1, 0.15) is 33.5 Å². The highest BCUT2D eigenvalue weighted by Gasteiger charge is 2.24. The minimum atomic E-state index is 0.852. The number of aliphatic imine (C=N–C) groups is 2. The Hall–Kier alpha value is -4.60. The van der Waals surface area contributed by atoms with E-state index in [1.807, 2.05) is 0 Å². The van der Waals surface area contributed by atoms with Gasteiger partial charge in [-0.15, -0.1) is 0 Å². The highest BCUT2D eigenvalue weighted by Crippen LogP contribution is 2.37. The van der Waals surface area contributed by atoms with Crippen molar-refractivity contribution in [3.05, 3.63) is 219 Å². The second-order valence-electron chi connectivity index (χ2n) is 12.5. The van der Waals surface area contributed by atoms with Gasteiger partial charge in [0.2, 0.25) is 0 Å². The molecule has 52 heavy (non-hydrogen) atoms. The molecule has 2 aromatic heterocycles. The van der Waals surface area contributed by atoms with Gasteiger partial charge in [0.05, 0.1) is 22.8 Å². The van der Waals surface area contributed by atoms with Gasteiger partial charge in [-0.05, 0) is 113 Å². The topological polar surface area (TPSA) is 56.3 Å². The Morgan fingerprint density at radius 2 is 0.788 bits per heavy atom. The molecule has 0 atom stereocenters. The molecule has 2 N–H and O–H groups in total. The van der Waals surface area contributed by atoms with E-state index in [9.17, 15) is 0 Å². The van der Waals surface area contributed by atoms with Crippen molar-refractivity contribution >= 4 is 97.4 Å². The van der Waals surface area contributed by atoms with Crippen molar-refractivity contribution in [3.8, 4) is 0 Å². The number of benzene rings is 4. The molecular weight excluding hydrogens is 904 g/mol. The average Bonchev–Trinajstić information content (AvgIpc) is 3.99. The van der Waals surface area contributed by atoms with Crippen LogP contribution in [0.25, 0.3) is 22.3 Å². The Kier molecular flexibility index (Phi) is 8.79. The van der Waals surface area contributed by atoms with E-state index >= 15 is 0 Å². The largest absolute Gasteiger partial charge is 0.360 e. The Bertz CT molecular complexity index is 2720. The molecule has 6 aromatic rings. The molecule has 0 spiro atoms. The van der Waals surface area contributed by atoms with Crippen LogP contribution in [-0.2, 0) is 0 Å². The van der Waals surface area contributed by atoms with Crippen LogP contribution in [0, 0.1) is 0 Å². The summed E-state index contributed by atoms with van der Waals surface area (Å²) < 4.78 is 4.08. The number of nitrogens with one attached hydrogen (secondary N) is 2. The molecule has 4 aromatic carbocycles. The van der Waals surface area contributed by atoms with Crippen LogP contribution in [0.2, 0.25) is 0 Å². The van der Waals surface area contributed by atoms with Gasteiger partial charge in [0.1, 0.15) is 0 Å². The second kappa shape index (κ2) is 13.7. The Labute approximate surface area is 334 Å². The zero-order valence-electron chi connectivity index (χ0n) is 27.3. The minimum Gasteiger partial charge on any atom is -0.360 e. The van der Waals surface area contributed by atoms with Crippen molar-refractivity contribution in [2.75, 3.05) is 0 Å². The first-order valence-corrected chi connectivity index (χ1v) is 19.7. The predicted octanol–water partition coefficient (Wildman–Crippen LogP) is 11.0. The van der Waals surface area contributed by atoms with E-state index in [-0.39, 0.29) is 0 Å². The first-order valence-electron chi connectivity index (χ1n) is 16.6. The van der Waals surface area contributed by atoms with Crippen LogP contribution < -0.4 is 10.7 Å². The number of rotatable bonds is 4. The lowest BCUT2D eigenvalue weighted by atomic mass is 9.97. The summed E-state index contributed by atoms with van der Waals surface area (Å²) in [5.74, 6) is 0. The van der Waals surface area contributed by atoms with Crippen LogP contribution in [0.5, 0.6) is 0 Å². The number of H-pyrrole nitrogens is 2. The molecule has 250 valence electrons. The molecule has 0 saturated carbocycles. The zero-order valence-corrected chi connectivity index (χ0v) is 33.6. The summed E-state index contributed by atoms with van der Waals surface area (Å²) in [4.78, 5) is 18.2. The van der Waals surface area contributed by atoms with E-state index in [0.29, 0.717) is 0 Å². The van der Waals surface area contributed by atoms with Crippen LogP contribution in [0.4, 0.5) is 0 Å². The summed E-state index contributed by atoms with van der Waals surface area (Å²) in [5, 5.41) is 1.97. The van der Waals surface area contributed by atoms with E-state index < -0.39 is 0 Å². The molecule has 4 nitrogen and oxygen atoms in total. The van der Waals surface area contributed by atoms with Crippen LogP contribution >= 0.6 is 63.7 Å². The molecule has 0 radical (unpaired) electrons. The van der Waals surface area contributed by atoms with Crippen LogP contribution in [0.15, 0.2) is 185 Å². The third-order valence-corrected chi connectivity index (χ3v) is 11.4. The van der Waals surface area contributed by atoms with Crippen LogP contribution in [0.3, 0.4) is 0 Å². The normalized spacial score (nSPS) is 15.2. The number of aromatic nitrogens is 2. The first kappa shape index (κ1) is 33.3. The monoisotopic (exact) mass is 926 g/mol. The van der Waals surface area contributed by atoms with Gasteiger partial charge in [-0.1, -0.05) is 112 Å². The van der Waals surface area contributed by atoms with E-state index in [1.165, 1.54) is 0 Å². The molecule has 0 saturated heterocycles. The Morgan fingerprint density at radius 3 is 1.31 bits per heavy atom. The van der Waals surface area contributed by atoms with Gasteiger partial charge in [0.15, 0.2) is 0 Å². The van der Waals surface area contributed by atoms with E-state index in [0.717, 1.165) is 107 Å². The molecular formula is C44H26Br4N4. The average molecular weight is 930 g/mol. The summed E-state index contributed by atoms with van der Waals surface area (Å²) in [6.07, 6.45) is 10.5. The maximum Gasteiger partial charge on any atom is 0.0738 e. The number of hydrogen-bond donors (Lipinski definition) is 2. The molecule has 0 amide bonds. The number of hydrogen-bond acceptors (Lipinski definition) is 2. The SMILES string of the molecule is Brc1ccc(C2=C3C=CC(=N3)C(c3ccc(Br)cc3)=c3ccc([nH]3)=C(c3ccc(Br)cc3)c3c[nH]c(c3)C(c3ccc(Br)cc3)=C3C=CC2=N3)cc1. The zero-order chi connectivity index (χ0) is 35.3. The van der Waals surface area contributed by atoms with Crippen molar-refractivity contribution < 1.29 is 0 Å². The van der Waals surface area contributed by atoms with Crippen LogP contribution in [-0.4, -0.2) is 21.4 Å². The van der Waals surface area contributed by atoms with E-state index in [2.05, 4.69) is 219 Å². The lowest BCUT2D eigenvalue weighted by molar-refractivity contribution is 1.24. The number of halogens is 4. The maximum atomic E-state index is 5.37. The van der Waals surface area contributed by atoms with Gasteiger partial charge in [-0.2, -0.15) is 0 Å².